The summed E-state index contributed by atoms with van der Waals surface area (Å²) in [6.07, 6.45) is 1.46. The van der Waals surface area contributed by atoms with E-state index in [0.29, 0.717) is 12.0 Å². The molecule has 0 aromatic rings. The van der Waals surface area contributed by atoms with Crippen LogP contribution in [0.5, 0.6) is 0 Å². The van der Waals surface area contributed by atoms with Crippen LogP contribution >= 0.6 is 0 Å². The van der Waals surface area contributed by atoms with Gasteiger partial charge in [0.05, 0.1) is 31.8 Å². The van der Waals surface area contributed by atoms with Crippen molar-refractivity contribution in [3.05, 3.63) is 33.9 Å². The zero-order valence-corrected chi connectivity index (χ0v) is 28.8. The quantitative estimate of drug-likeness (QED) is 0.122. The molecule has 50 heavy (non-hydrogen) atoms. The summed E-state index contributed by atoms with van der Waals surface area (Å²) < 4.78 is 39.1. The van der Waals surface area contributed by atoms with Gasteiger partial charge in [-0.05, 0) is 75.5 Å². The predicted octanol–water partition coefficient (Wildman–Crippen LogP) is 2.25. The van der Waals surface area contributed by atoms with Crippen molar-refractivity contribution in [3.8, 4) is 0 Å². The molecule has 0 aromatic carbocycles. The number of amides is 1. The van der Waals surface area contributed by atoms with Gasteiger partial charge in [-0.15, -0.1) is 10.1 Å². The zero-order valence-electron chi connectivity index (χ0n) is 28.8. The summed E-state index contributed by atoms with van der Waals surface area (Å²) in [6, 6.07) is -1.43. The third-order valence-electron chi connectivity index (χ3n) is 11.3. The summed E-state index contributed by atoms with van der Waals surface area (Å²) in [5, 5.41) is 23.4. The van der Waals surface area contributed by atoms with Gasteiger partial charge in [-0.3, -0.25) is 19.2 Å². The minimum Gasteiger partial charge on any atom is -0.464 e. The summed E-state index contributed by atoms with van der Waals surface area (Å²) >= 11 is 0. The van der Waals surface area contributed by atoms with Crippen LogP contribution in [0.15, 0.2) is 23.8 Å². The fraction of sp³-hybridized carbons (Fsp3) is 0.735. The number of carbonyl (C=O) groups is 5. The second-order valence-electron chi connectivity index (χ2n) is 14.9. The fourth-order valence-corrected chi connectivity index (χ4v) is 9.46. The Balaban J connectivity index is 1.30. The molecule has 1 heterocycles. The van der Waals surface area contributed by atoms with Crippen LogP contribution in [-0.2, 0) is 47.8 Å². The van der Waals surface area contributed by atoms with Crippen LogP contribution in [0.2, 0.25) is 0 Å². The molecule has 1 amide bonds. The molecule has 1 aliphatic heterocycles. The van der Waals surface area contributed by atoms with Gasteiger partial charge in [-0.2, -0.15) is 0 Å². The zero-order chi connectivity index (χ0) is 36.8. The Morgan fingerprint density at radius 3 is 2.52 bits per heavy atom. The van der Waals surface area contributed by atoms with E-state index in [-0.39, 0.29) is 50.6 Å². The van der Waals surface area contributed by atoms with Crippen LogP contribution in [0.25, 0.3) is 0 Å². The molecule has 5 rings (SSSR count). The van der Waals surface area contributed by atoms with E-state index in [1.165, 1.54) is 12.2 Å². The van der Waals surface area contributed by atoms with E-state index < -0.39 is 100 Å². The summed E-state index contributed by atoms with van der Waals surface area (Å²) in [5.41, 5.74) is -3.28. The normalized spacial score (nSPS) is 36.9. The molecule has 15 nitrogen and oxygen atoms in total. The highest BCUT2D eigenvalue weighted by Gasteiger charge is 2.77. The summed E-state index contributed by atoms with van der Waals surface area (Å²) in [4.78, 5) is 78.3. The highest BCUT2D eigenvalue weighted by molar-refractivity contribution is 6.01. The first-order chi connectivity index (χ1) is 23.3. The number of hydrogen-bond acceptors (Lipinski definition) is 13. The SMILES string of the molecule is CC(=O)NC(CC(=O)OCC(=O)[C@]12OC(C)(C)O[C@@H]1C[C@H]1[C@@H]3C[C@H](F)C4=CC(=O)C=C[C@]4(C)[C@H]3[C@@H](O)C[C@@]12C)C(=O)OCCCCO[N+](=O)[O-]. The number of allylic oxidation sites excluding steroid dienone is 4. The molecule has 276 valence electrons. The summed E-state index contributed by atoms with van der Waals surface area (Å²) in [5.74, 6) is -5.83. The van der Waals surface area contributed by atoms with Crippen molar-refractivity contribution >= 4 is 29.4 Å². The standard InChI is InChI=1S/C34H45FN2O13/c1-18(38)36-24(30(43)46-10-6-7-11-48-37(44)45)15-28(42)47-17-26(41)34-27(49-31(2,3)50-34)14-21-20-13-23(35)22-12-19(39)8-9-32(22,4)29(20)25(40)16-33(21,34)5/h8-9,12,20-21,23-25,27,29,40H,6-7,10-11,13-17H2,1-5H3,(H,36,38)/t20-,21-,23-,24?,25-,27+,29+,32-,33-,34-/m0/s1. The fourth-order valence-electron chi connectivity index (χ4n) is 9.46. The molecule has 2 N–H and O–H groups in total. The van der Waals surface area contributed by atoms with Gasteiger partial charge in [0.1, 0.15) is 12.2 Å². The van der Waals surface area contributed by atoms with Crippen molar-refractivity contribution in [2.75, 3.05) is 19.8 Å². The van der Waals surface area contributed by atoms with E-state index in [1.807, 2.05) is 13.8 Å². The monoisotopic (exact) mass is 708 g/mol. The van der Waals surface area contributed by atoms with Crippen molar-refractivity contribution in [3.63, 3.8) is 0 Å². The molecule has 4 fully saturated rings. The van der Waals surface area contributed by atoms with Crippen LogP contribution in [0, 0.1) is 38.7 Å². The maximum absolute atomic E-state index is 15.9. The van der Waals surface area contributed by atoms with E-state index in [0.717, 1.165) is 6.92 Å². The number of aliphatic hydroxyl groups excluding tert-OH is 1. The van der Waals surface area contributed by atoms with Gasteiger partial charge >= 0.3 is 11.9 Å². The van der Waals surface area contributed by atoms with Gasteiger partial charge in [0.15, 0.2) is 23.8 Å². The number of Topliss-reactive ketones (excluding diaryl/α,β-unsaturated/α-hetero) is 1. The number of alkyl halides is 1. The van der Waals surface area contributed by atoms with Crippen molar-refractivity contribution in [1.29, 1.82) is 0 Å². The van der Waals surface area contributed by atoms with Crippen LogP contribution < -0.4 is 5.32 Å². The molecule has 0 aromatic heterocycles. The van der Waals surface area contributed by atoms with E-state index in [9.17, 15) is 39.2 Å². The molecular weight excluding hydrogens is 663 g/mol. The number of aliphatic hydroxyl groups is 1. The Morgan fingerprint density at radius 2 is 1.84 bits per heavy atom. The van der Waals surface area contributed by atoms with E-state index in [4.69, 9.17) is 18.9 Å². The number of carbonyl (C=O) groups excluding carboxylic acids is 5. The minimum atomic E-state index is -1.66. The third kappa shape index (κ3) is 6.68. The average molecular weight is 709 g/mol. The third-order valence-corrected chi connectivity index (χ3v) is 11.3. The Kier molecular flexibility index (Phi) is 10.3. The first-order valence-corrected chi connectivity index (χ1v) is 16.9. The van der Waals surface area contributed by atoms with E-state index in [2.05, 4.69) is 10.2 Å². The number of rotatable bonds is 13. The lowest BCUT2D eigenvalue weighted by Gasteiger charge is -2.60. The largest absolute Gasteiger partial charge is 0.464 e. The van der Waals surface area contributed by atoms with Crippen LogP contribution in [0.3, 0.4) is 0 Å². The highest BCUT2D eigenvalue weighted by Crippen LogP contribution is 2.70. The number of nitrogens with one attached hydrogen (secondary N) is 1. The number of halogens is 1. The number of unbranched alkanes of at least 4 members (excludes halogenated alkanes) is 1. The maximum Gasteiger partial charge on any atom is 0.329 e. The number of nitrogens with zero attached hydrogens (tertiary/aromatic N) is 1. The highest BCUT2D eigenvalue weighted by atomic mass is 19.1. The maximum atomic E-state index is 15.9. The second-order valence-corrected chi connectivity index (χ2v) is 14.9. The lowest BCUT2D eigenvalue weighted by molar-refractivity contribution is -0.757. The van der Waals surface area contributed by atoms with Gasteiger partial charge in [0.25, 0.3) is 5.09 Å². The number of ketones is 2. The van der Waals surface area contributed by atoms with Gasteiger partial charge in [0, 0.05) is 23.7 Å². The van der Waals surface area contributed by atoms with Crippen LogP contribution in [0.1, 0.15) is 73.1 Å². The van der Waals surface area contributed by atoms with E-state index >= 15 is 4.39 Å². The smallest absolute Gasteiger partial charge is 0.329 e. The minimum absolute atomic E-state index is 0.0488. The first-order valence-electron chi connectivity index (χ1n) is 16.9. The lowest BCUT2D eigenvalue weighted by atomic mass is 9.46. The predicted molar refractivity (Wildman–Crippen MR) is 168 cm³/mol. The van der Waals surface area contributed by atoms with Gasteiger partial charge in [-0.25, -0.2) is 9.18 Å². The molecule has 0 spiro atoms. The van der Waals surface area contributed by atoms with Gasteiger partial charge in [-0.1, -0.05) is 19.9 Å². The Labute approximate surface area is 288 Å². The summed E-state index contributed by atoms with van der Waals surface area (Å²) in [7, 11) is 0. The van der Waals surface area contributed by atoms with Crippen LogP contribution in [0.4, 0.5) is 4.39 Å². The average Bonchev–Trinajstić information content (AvgIpc) is 3.42. The van der Waals surface area contributed by atoms with E-state index in [1.54, 1.807) is 19.9 Å². The molecule has 3 saturated carbocycles. The molecule has 1 unspecified atom stereocenters. The van der Waals surface area contributed by atoms with Gasteiger partial charge < -0.3 is 34.2 Å². The second kappa shape index (κ2) is 13.8. The lowest BCUT2D eigenvalue weighted by Crippen LogP contribution is -2.64. The molecule has 0 bridgehead atoms. The van der Waals surface area contributed by atoms with Gasteiger partial charge in [0.2, 0.25) is 11.7 Å². The number of fused-ring (bicyclic) bond motifs is 7. The van der Waals surface area contributed by atoms with Crippen molar-refractivity contribution in [1.82, 2.24) is 5.32 Å². The Hall–Kier alpha value is -3.76. The molecule has 0 radical (unpaired) electrons. The Bertz CT molecular complexity index is 1500. The molecule has 4 aliphatic carbocycles. The number of ether oxygens (including phenoxy) is 4. The topological polar surface area (TPSA) is 207 Å². The molecule has 10 atom stereocenters. The first kappa shape index (κ1) is 37.5. The van der Waals surface area contributed by atoms with Crippen molar-refractivity contribution < 1.29 is 62.3 Å². The number of esters is 2. The molecule has 5 aliphatic rings. The molecular formula is C34H45FN2O13. The summed E-state index contributed by atoms with van der Waals surface area (Å²) in [6.45, 7) is 7.02. The number of hydrogen-bond donors (Lipinski definition) is 2. The Morgan fingerprint density at radius 1 is 1.14 bits per heavy atom. The molecule has 1 saturated heterocycles. The van der Waals surface area contributed by atoms with Crippen LogP contribution in [-0.4, -0.2) is 95.2 Å². The van der Waals surface area contributed by atoms with Crippen molar-refractivity contribution in [2.45, 2.75) is 109 Å². The molecule has 16 heteroatoms. The van der Waals surface area contributed by atoms with Crippen molar-refractivity contribution in [2.24, 2.45) is 28.6 Å².